The standard InChI is InChI=1S/C25H31N5O2/c1-29(2)24-14-22(27-25(28-24)18-7-5-11-26-15-18)19-8-6-12-30(16-19)17-20-9-10-21(31-3)13-23(20)32-4/h5,7,9-11,13-15,19H,6,8,12,16-17H2,1-4H3/t19-/m0/s1. The third-order valence-corrected chi connectivity index (χ3v) is 5.92. The van der Waals surface area contributed by atoms with E-state index >= 15 is 0 Å². The van der Waals surface area contributed by atoms with Crippen molar-refractivity contribution in [2.75, 3.05) is 46.3 Å². The first-order chi connectivity index (χ1) is 15.6. The molecule has 3 heterocycles. The highest BCUT2D eigenvalue weighted by Gasteiger charge is 2.25. The Hall–Kier alpha value is -3.19. The smallest absolute Gasteiger partial charge is 0.163 e. The molecule has 0 amide bonds. The van der Waals surface area contributed by atoms with E-state index in [9.17, 15) is 0 Å². The van der Waals surface area contributed by atoms with Crippen LogP contribution in [-0.2, 0) is 6.54 Å². The maximum absolute atomic E-state index is 5.61. The number of pyridine rings is 1. The molecule has 0 saturated carbocycles. The van der Waals surface area contributed by atoms with Crippen LogP contribution in [0.2, 0.25) is 0 Å². The van der Waals surface area contributed by atoms with Crippen LogP contribution >= 0.6 is 0 Å². The number of benzene rings is 1. The summed E-state index contributed by atoms with van der Waals surface area (Å²) in [5.41, 5.74) is 3.20. The van der Waals surface area contributed by atoms with Gasteiger partial charge in [-0.3, -0.25) is 9.88 Å². The van der Waals surface area contributed by atoms with Gasteiger partial charge in [-0.05, 0) is 37.6 Å². The van der Waals surface area contributed by atoms with E-state index < -0.39 is 0 Å². The van der Waals surface area contributed by atoms with Gasteiger partial charge in [-0.2, -0.15) is 0 Å². The van der Waals surface area contributed by atoms with Crippen LogP contribution in [0.1, 0.15) is 30.0 Å². The summed E-state index contributed by atoms with van der Waals surface area (Å²) >= 11 is 0. The van der Waals surface area contributed by atoms with Gasteiger partial charge >= 0.3 is 0 Å². The van der Waals surface area contributed by atoms with Crippen molar-refractivity contribution in [2.45, 2.75) is 25.3 Å². The minimum Gasteiger partial charge on any atom is -0.497 e. The Morgan fingerprint density at radius 1 is 1.09 bits per heavy atom. The Kier molecular flexibility index (Phi) is 6.85. The fraction of sp³-hybridized carbons (Fsp3) is 0.400. The van der Waals surface area contributed by atoms with Gasteiger partial charge in [0.05, 0.1) is 19.9 Å². The highest BCUT2D eigenvalue weighted by molar-refractivity contribution is 5.57. The Bertz CT molecular complexity index is 1040. The molecule has 0 aliphatic carbocycles. The van der Waals surface area contributed by atoms with Crippen molar-refractivity contribution in [3.8, 4) is 22.9 Å². The molecule has 2 aromatic heterocycles. The fourth-order valence-corrected chi connectivity index (χ4v) is 4.18. The van der Waals surface area contributed by atoms with Gasteiger partial charge < -0.3 is 14.4 Å². The number of likely N-dealkylation sites (tertiary alicyclic amines) is 1. The van der Waals surface area contributed by atoms with Gasteiger partial charge in [0.1, 0.15) is 17.3 Å². The van der Waals surface area contributed by atoms with Gasteiger partial charge in [-0.1, -0.05) is 6.07 Å². The van der Waals surface area contributed by atoms with Gasteiger partial charge in [-0.25, -0.2) is 9.97 Å². The van der Waals surface area contributed by atoms with Crippen molar-refractivity contribution in [1.29, 1.82) is 0 Å². The molecule has 1 saturated heterocycles. The van der Waals surface area contributed by atoms with Crippen LogP contribution in [0.5, 0.6) is 11.5 Å². The van der Waals surface area contributed by atoms with Crippen molar-refractivity contribution in [1.82, 2.24) is 19.9 Å². The number of nitrogens with zero attached hydrogens (tertiary/aromatic N) is 5. The lowest BCUT2D eigenvalue weighted by Gasteiger charge is -2.33. The molecule has 0 radical (unpaired) electrons. The number of methoxy groups -OCH3 is 2. The zero-order valence-corrected chi connectivity index (χ0v) is 19.3. The summed E-state index contributed by atoms with van der Waals surface area (Å²) in [4.78, 5) is 18.5. The van der Waals surface area contributed by atoms with E-state index in [4.69, 9.17) is 19.4 Å². The molecule has 7 nitrogen and oxygen atoms in total. The highest BCUT2D eigenvalue weighted by Crippen LogP contribution is 2.32. The first-order valence-electron chi connectivity index (χ1n) is 11.0. The third kappa shape index (κ3) is 4.99. The molecular weight excluding hydrogens is 402 g/mol. The molecule has 1 aliphatic rings. The van der Waals surface area contributed by atoms with Crippen molar-refractivity contribution < 1.29 is 9.47 Å². The number of hydrogen-bond donors (Lipinski definition) is 0. The van der Waals surface area contributed by atoms with E-state index in [1.165, 1.54) is 5.56 Å². The fourth-order valence-electron chi connectivity index (χ4n) is 4.18. The Labute approximate surface area is 190 Å². The van der Waals surface area contributed by atoms with Crippen LogP contribution < -0.4 is 14.4 Å². The lowest BCUT2D eigenvalue weighted by atomic mass is 9.93. The number of ether oxygens (including phenoxy) is 2. The summed E-state index contributed by atoms with van der Waals surface area (Å²) in [6.07, 6.45) is 5.84. The van der Waals surface area contributed by atoms with E-state index in [-0.39, 0.29) is 0 Å². The molecular formula is C25H31N5O2. The van der Waals surface area contributed by atoms with Crippen LogP contribution in [0.3, 0.4) is 0 Å². The van der Waals surface area contributed by atoms with Crippen LogP contribution in [0, 0.1) is 0 Å². The summed E-state index contributed by atoms with van der Waals surface area (Å²) in [6.45, 7) is 2.85. The third-order valence-electron chi connectivity index (χ3n) is 5.92. The average molecular weight is 434 g/mol. The van der Waals surface area contributed by atoms with Crippen molar-refractivity contribution >= 4 is 5.82 Å². The number of aromatic nitrogens is 3. The van der Waals surface area contributed by atoms with Crippen molar-refractivity contribution in [2.24, 2.45) is 0 Å². The zero-order chi connectivity index (χ0) is 22.5. The van der Waals surface area contributed by atoms with Crippen LogP contribution in [0.25, 0.3) is 11.4 Å². The van der Waals surface area contributed by atoms with E-state index in [0.29, 0.717) is 5.92 Å². The summed E-state index contributed by atoms with van der Waals surface area (Å²) in [7, 11) is 7.42. The number of hydrogen-bond acceptors (Lipinski definition) is 7. The summed E-state index contributed by atoms with van der Waals surface area (Å²) in [5, 5.41) is 0. The number of anilines is 1. The second kappa shape index (κ2) is 9.96. The lowest BCUT2D eigenvalue weighted by molar-refractivity contribution is 0.196. The first-order valence-corrected chi connectivity index (χ1v) is 11.0. The minimum absolute atomic E-state index is 0.352. The summed E-state index contributed by atoms with van der Waals surface area (Å²) in [6, 6.07) is 12.1. The Balaban J connectivity index is 1.57. The average Bonchev–Trinajstić information content (AvgIpc) is 2.84. The maximum Gasteiger partial charge on any atom is 0.163 e. The quantitative estimate of drug-likeness (QED) is 0.558. The topological polar surface area (TPSA) is 63.6 Å². The molecule has 0 N–H and O–H groups in total. The molecule has 1 atom stereocenters. The number of rotatable bonds is 7. The molecule has 32 heavy (non-hydrogen) atoms. The molecule has 168 valence electrons. The molecule has 7 heteroatoms. The SMILES string of the molecule is COc1ccc(CN2CCC[C@H](c3cc(N(C)C)nc(-c4cccnc4)n3)C2)c(OC)c1. The van der Waals surface area contributed by atoms with Gasteiger partial charge in [0.2, 0.25) is 0 Å². The largest absolute Gasteiger partial charge is 0.497 e. The zero-order valence-electron chi connectivity index (χ0n) is 19.3. The van der Waals surface area contributed by atoms with Gasteiger partial charge in [0, 0.05) is 68.8 Å². The number of piperidine rings is 1. The van der Waals surface area contributed by atoms with Crippen molar-refractivity contribution in [3.05, 3.63) is 60.0 Å². The van der Waals surface area contributed by atoms with Gasteiger partial charge in [0.15, 0.2) is 5.82 Å². The van der Waals surface area contributed by atoms with Crippen LogP contribution in [-0.4, -0.2) is 61.3 Å². The maximum atomic E-state index is 5.61. The van der Waals surface area contributed by atoms with Crippen LogP contribution in [0.4, 0.5) is 5.82 Å². The van der Waals surface area contributed by atoms with Gasteiger partial charge in [0.25, 0.3) is 0 Å². The predicted molar refractivity (Wildman–Crippen MR) is 126 cm³/mol. The second-order valence-corrected chi connectivity index (χ2v) is 8.36. The molecule has 0 bridgehead atoms. The summed E-state index contributed by atoms with van der Waals surface area (Å²) in [5.74, 6) is 3.67. The minimum atomic E-state index is 0.352. The first kappa shape index (κ1) is 22.0. The highest BCUT2D eigenvalue weighted by atomic mass is 16.5. The van der Waals surface area contributed by atoms with E-state index in [2.05, 4.69) is 22.0 Å². The molecule has 4 rings (SSSR count). The molecule has 3 aromatic rings. The molecule has 1 aromatic carbocycles. The molecule has 1 fully saturated rings. The lowest BCUT2D eigenvalue weighted by Crippen LogP contribution is -2.34. The van der Waals surface area contributed by atoms with E-state index in [1.54, 1.807) is 20.4 Å². The molecule has 0 unspecified atom stereocenters. The van der Waals surface area contributed by atoms with Gasteiger partial charge in [-0.15, -0.1) is 0 Å². The Morgan fingerprint density at radius 2 is 1.97 bits per heavy atom. The van der Waals surface area contributed by atoms with Crippen LogP contribution in [0.15, 0.2) is 48.8 Å². The normalized spacial score (nSPS) is 16.6. The van der Waals surface area contributed by atoms with E-state index in [1.807, 2.05) is 49.5 Å². The van der Waals surface area contributed by atoms with E-state index in [0.717, 1.165) is 66.9 Å². The molecule has 0 spiro atoms. The Morgan fingerprint density at radius 3 is 2.69 bits per heavy atom. The summed E-state index contributed by atoms with van der Waals surface area (Å²) < 4.78 is 10.9. The van der Waals surface area contributed by atoms with Crippen molar-refractivity contribution in [3.63, 3.8) is 0 Å². The molecule has 1 aliphatic heterocycles. The monoisotopic (exact) mass is 433 g/mol. The second-order valence-electron chi connectivity index (χ2n) is 8.36. The predicted octanol–water partition coefficient (Wildman–Crippen LogP) is 4.00.